The highest BCUT2D eigenvalue weighted by molar-refractivity contribution is 5.83. The van der Waals surface area contributed by atoms with E-state index in [4.69, 9.17) is 5.73 Å². The Bertz CT molecular complexity index is 525. The Balaban J connectivity index is 2.19. The van der Waals surface area contributed by atoms with Crippen molar-refractivity contribution in [2.75, 3.05) is 13.1 Å². The summed E-state index contributed by atoms with van der Waals surface area (Å²) in [7, 11) is 0. The van der Waals surface area contributed by atoms with Crippen molar-refractivity contribution in [2.45, 2.75) is 38.3 Å². The van der Waals surface area contributed by atoms with Gasteiger partial charge < -0.3 is 10.6 Å². The van der Waals surface area contributed by atoms with Crippen LogP contribution in [-0.4, -0.2) is 44.6 Å². The van der Waals surface area contributed by atoms with Crippen molar-refractivity contribution in [1.82, 2.24) is 14.7 Å². The second-order valence-corrected chi connectivity index (χ2v) is 5.61. The minimum Gasteiger partial charge on any atom is -0.339 e. The van der Waals surface area contributed by atoms with Crippen LogP contribution in [0.3, 0.4) is 0 Å². The summed E-state index contributed by atoms with van der Waals surface area (Å²) in [6.07, 6.45) is 4.22. The van der Waals surface area contributed by atoms with Crippen LogP contribution in [0.4, 0.5) is 5.69 Å². The number of carbonyl (C=O) groups is 1. The number of rotatable bonds is 3. The Morgan fingerprint density at radius 2 is 2.30 bits per heavy atom. The number of aromatic nitrogens is 2. The molecule has 2 N–H and O–H groups in total. The highest BCUT2D eigenvalue weighted by Crippen LogP contribution is 2.22. The highest BCUT2D eigenvalue weighted by Gasteiger charge is 2.36. The maximum atomic E-state index is 12.6. The molecular formula is C12H19N5O3. The molecule has 0 saturated carbocycles. The van der Waals surface area contributed by atoms with Gasteiger partial charge in [-0.2, -0.15) is 5.10 Å². The van der Waals surface area contributed by atoms with E-state index in [1.54, 1.807) is 18.7 Å². The van der Waals surface area contributed by atoms with Gasteiger partial charge in [0.2, 0.25) is 5.91 Å². The number of nitrogens with zero attached hydrogens (tertiary/aromatic N) is 4. The molecule has 2 heterocycles. The Labute approximate surface area is 116 Å². The molecule has 1 aliphatic heterocycles. The summed E-state index contributed by atoms with van der Waals surface area (Å²) >= 11 is 0. The lowest BCUT2D eigenvalue weighted by Gasteiger charge is -2.36. The smallest absolute Gasteiger partial charge is 0.307 e. The van der Waals surface area contributed by atoms with Crippen molar-refractivity contribution in [3.63, 3.8) is 0 Å². The minimum atomic E-state index is -0.967. The molecule has 1 saturated heterocycles. The Kier molecular flexibility index (Phi) is 3.76. The molecule has 110 valence electrons. The standard InChI is InChI=1S/C12H19N5O3/c1-12(2,16-8-10(6-14-16)17(19)20)11(18)15-5-3-4-9(13)7-15/h6,8-9H,3-5,7,13H2,1-2H3. The molecule has 2 rings (SSSR count). The highest BCUT2D eigenvalue weighted by atomic mass is 16.6. The number of likely N-dealkylation sites (tertiary alicyclic amines) is 1. The van der Waals surface area contributed by atoms with Crippen LogP contribution in [0.25, 0.3) is 0 Å². The van der Waals surface area contributed by atoms with Gasteiger partial charge in [0.15, 0.2) is 0 Å². The molecule has 0 aromatic carbocycles. The van der Waals surface area contributed by atoms with Gasteiger partial charge in [-0.15, -0.1) is 0 Å². The van der Waals surface area contributed by atoms with Gasteiger partial charge in [-0.3, -0.25) is 19.6 Å². The summed E-state index contributed by atoms with van der Waals surface area (Å²) in [6, 6.07) is -0.00421. The lowest BCUT2D eigenvalue weighted by Crippen LogP contribution is -2.53. The summed E-state index contributed by atoms with van der Waals surface area (Å²) in [5, 5.41) is 14.6. The van der Waals surface area contributed by atoms with E-state index in [0.717, 1.165) is 19.0 Å². The molecule has 1 aromatic heterocycles. The molecule has 1 atom stereocenters. The van der Waals surface area contributed by atoms with Gasteiger partial charge in [-0.05, 0) is 26.7 Å². The van der Waals surface area contributed by atoms with Crippen molar-refractivity contribution in [1.29, 1.82) is 0 Å². The lowest BCUT2D eigenvalue weighted by atomic mass is 10.00. The number of piperidine rings is 1. The maximum absolute atomic E-state index is 12.6. The van der Waals surface area contributed by atoms with Gasteiger partial charge in [0.25, 0.3) is 0 Å². The van der Waals surface area contributed by atoms with Gasteiger partial charge in [-0.25, -0.2) is 0 Å². The third-order valence-corrected chi connectivity index (χ3v) is 3.62. The van der Waals surface area contributed by atoms with Crippen LogP contribution < -0.4 is 5.73 Å². The molecule has 1 fully saturated rings. The van der Waals surface area contributed by atoms with E-state index < -0.39 is 10.5 Å². The third-order valence-electron chi connectivity index (χ3n) is 3.62. The molecule has 1 aliphatic rings. The van der Waals surface area contributed by atoms with Gasteiger partial charge in [0, 0.05) is 19.1 Å². The van der Waals surface area contributed by atoms with Crippen molar-refractivity contribution < 1.29 is 9.72 Å². The number of hydrogen-bond acceptors (Lipinski definition) is 5. The fourth-order valence-electron chi connectivity index (χ4n) is 2.39. The van der Waals surface area contributed by atoms with Crippen molar-refractivity contribution in [3.05, 3.63) is 22.5 Å². The van der Waals surface area contributed by atoms with Gasteiger partial charge in [-0.1, -0.05) is 0 Å². The van der Waals surface area contributed by atoms with E-state index in [1.165, 1.54) is 10.9 Å². The van der Waals surface area contributed by atoms with E-state index in [9.17, 15) is 14.9 Å². The van der Waals surface area contributed by atoms with Gasteiger partial charge in [0.05, 0.1) is 4.92 Å². The molecule has 8 heteroatoms. The molecule has 1 aromatic rings. The minimum absolute atomic E-state index is 0.00421. The summed E-state index contributed by atoms with van der Waals surface area (Å²) in [6.45, 7) is 4.59. The van der Waals surface area contributed by atoms with Crippen molar-refractivity contribution in [3.8, 4) is 0 Å². The molecule has 1 unspecified atom stereocenters. The topological polar surface area (TPSA) is 107 Å². The van der Waals surface area contributed by atoms with Crippen LogP contribution in [0.2, 0.25) is 0 Å². The molecule has 20 heavy (non-hydrogen) atoms. The second-order valence-electron chi connectivity index (χ2n) is 5.61. The van der Waals surface area contributed by atoms with Crippen LogP contribution in [0.15, 0.2) is 12.4 Å². The number of hydrogen-bond donors (Lipinski definition) is 1. The Hall–Kier alpha value is -1.96. The molecule has 0 spiro atoms. The third kappa shape index (κ3) is 2.64. The summed E-state index contributed by atoms with van der Waals surface area (Å²) in [4.78, 5) is 24.5. The zero-order valence-electron chi connectivity index (χ0n) is 11.7. The van der Waals surface area contributed by atoms with Crippen LogP contribution in [0.5, 0.6) is 0 Å². The van der Waals surface area contributed by atoms with E-state index in [-0.39, 0.29) is 17.6 Å². The normalized spacial score (nSPS) is 19.9. The molecule has 0 aliphatic carbocycles. The van der Waals surface area contributed by atoms with E-state index >= 15 is 0 Å². The van der Waals surface area contributed by atoms with Crippen LogP contribution in [0, 0.1) is 10.1 Å². The monoisotopic (exact) mass is 281 g/mol. The summed E-state index contributed by atoms with van der Waals surface area (Å²) in [5.74, 6) is -0.120. The van der Waals surface area contributed by atoms with E-state index in [0.29, 0.717) is 13.1 Å². The molecule has 1 amide bonds. The van der Waals surface area contributed by atoms with Crippen LogP contribution >= 0.6 is 0 Å². The number of amides is 1. The Morgan fingerprint density at radius 3 is 2.85 bits per heavy atom. The first kappa shape index (κ1) is 14.4. The predicted molar refractivity (Wildman–Crippen MR) is 72.0 cm³/mol. The van der Waals surface area contributed by atoms with Crippen LogP contribution in [0.1, 0.15) is 26.7 Å². The van der Waals surface area contributed by atoms with Gasteiger partial charge >= 0.3 is 5.69 Å². The maximum Gasteiger partial charge on any atom is 0.307 e. The molecular weight excluding hydrogens is 262 g/mol. The predicted octanol–water partition coefficient (Wildman–Crippen LogP) is 0.476. The average Bonchev–Trinajstić information content (AvgIpc) is 2.88. The van der Waals surface area contributed by atoms with Gasteiger partial charge in [0.1, 0.15) is 17.9 Å². The molecule has 0 bridgehead atoms. The fraction of sp³-hybridized carbons (Fsp3) is 0.667. The average molecular weight is 281 g/mol. The van der Waals surface area contributed by atoms with E-state index in [2.05, 4.69) is 5.10 Å². The first-order valence-corrected chi connectivity index (χ1v) is 6.57. The fourth-order valence-corrected chi connectivity index (χ4v) is 2.39. The van der Waals surface area contributed by atoms with Crippen LogP contribution in [-0.2, 0) is 10.3 Å². The number of nitrogens with two attached hydrogens (primary N) is 1. The zero-order chi connectivity index (χ0) is 14.9. The molecule has 0 radical (unpaired) electrons. The zero-order valence-corrected chi connectivity index (χ0v) is 11.7. The van der Waals surface area contributed by atoms with E-state index in [1.807, 2.05) is 0 Å². The number of nitro groups is 1. The SMILES string of the molecule is CC(C)(C(=O)N1CCCC(N)C1)n1cc([N+](=O)[O-])cn1. The summed E-state index contributed by atoms with van der Waals surface area (Å²) < 4.78 is 1.34. The van der Waals surface area contributed by atoms with Crippen molar-refractivity contribution in [2.24, 2.45) is 5.73 Å². The second kappa shape index (κ2) is 5.20. The summed E-state index contributed by atoms with van der Waals surface area (Å²) in [5.41, 5.74) is 4.79. The Morgan fingerprint density at radius 1 is 1.60 bits per heavy atom. The first-order chi connectivity index (χ1) is 9.32. The molecule has 8 nitrogen and oxygen atoms in total. The lowest BCUT2D eigenvalue weighted by molar-refractivity contribution is -0.385. The quantitative estimate of drug-likeness (QED) is 0.640. The largest absolute Gasteiger partial charge is 0.339 e. The number of carbonyl (C=O) groups excluding carboxylic acids is 1. The first-order valence-electron chi connectivity index (χ1n) is 6.57. The van der Waals surface area contributed by atoms with Crippen molar-refractivity contribution >= 4 is 11.6 Å².